The highest BCUT2D eigenvalue weighted by atomic mass is 32.2. The molecular weight excluding hydrogens is 404 g/mol. The molecule has 0 aliphatic carbocycles. The van der Waals surface area contributed by atoms with E-state index in [1.807, 2.05) is 5.38 Å². The van der Waals surface area contributed by atoms with E-state index in [4.69, 9.17) is 0 Å². The molecule has 1 saturated heterocycles. The van der Waals surface area contributed by atoms with Gasteiger partial charge in [0.15, 0.2) is 5.13 Å². The normalized spacial score (nSPS) is 18.7. The molecule has 27 heavy (non-hydrogen) atoms. The Morgan fingerprint density at radius 1 is 1.44 bits per heavy atom. The van der Waals surface area contributed by atoms with Gasteiger partial charge in [-0.2, -0.15) is 4.31 Å². The summed E-state index contributed by atoms with van der Waals surface area (Å²) >= 11 is 2.50. The first-order chi connectivity index (χ1) is 12.8. The number of rotatable bonds is 7. The predicted molar refractivity (Wildman–Crippen MR) is 109 cm³/mol. The Kier molecular flexibility index (Phi) is 6.64. The summed E-state index contributed by atoms with van der Waals surface area (Å²) in [7, 11) is -2.23. The van der Waals surface area contributed by atoms with Crippen LogP contribution in [-0.4, -0.2) is 55.2 Å². The van der Waals surface area contributed by atoms with Crippen molar-refractivity contribution in [2.75, 3.05) is 32.0 Å². The summed E-state index contributed by atoms with van der Waals surface area (Å²) in [6.07, 6.45) is 2.48. The van der Waals surface area contributed by atoms with Gasteiger partial charge in [-0.1, -0.05) is 13.0 Å². The Balaban J connectivity index is 1.53. The largest absolute Gasteiger partial charge is 0.301 e. The zero-order valence-corrected chi connectivity index (χ0v) is 17.9. The zero-order valence-electron chi connectivity index (χ0n) is 15.4. The number of likely N-dealkylation sites (tertiary alicyclic amines) is 1. The molecule has 1 fully saturated rings. The first-order valence-electron chi connectivity index (χ1n) is 8.81. The highest BCUT2D eigenvalue weighted by molar-refractivity contribution is 7.91. The summed E-state index contributed by atoms with van der Waals surface area (Å²) in [6, 6.07) is 3.20. The Hall–Kier alpha value is -1.33. The quantitative estimate of drug-likeness (QED) is 0.733. The van der Waals surface area contributed by atoms with Crippen molar-refractivity contribution in [3.05, 3.63) is 28.6 Å². The first-order valence-corrected chi connectivity index (χ1v) is 12.0. The predicted octanol–water partition coefficient (Wildman–Crippen LogP) is 2.70. The molecule has 1 unspecified atom stereocenters. The smallest absolute Gasteiger partial charge is 0.252 e. The Labute approximate surface area is 168 Å². The van der Waals surface area contributed by atoms with Crippen LogP contribution in [0.25, 0.3) is 0 Å². The number of aromatic nitrogens is 1. The minimum atomic E-state index is -3.63. The molecule has 3 rings (SSSR count). The molecule has 10 heteroatoms. The molecule has 2 aromatic heterocycles. The third-order valence-corrected chi connectivity index (χ3v) is 8.43. The Bertz CT molecular complexity index is 864. The maximum Gasteiger partial charge on any atom is 0.252 e. The van der Waals surface area contributed by atoms with Crippen LogP contribution in [0.4, 0.5) is 5.13 Å². The number of thiazole rings is 1. The highest BCUT2D eigenvalue weighted by Crippen LogP contribution is 2.22. The van der Waals surface area contributed by atoms with Crippen LogP contribution in [0.3, 0.4) is 0 Å². The number of thiophene rings is 1. The van der Waals surface area contributed by atoms with E-state index >= 15 is 0 Å². The van der Waals surface area contributed by atoms with Crippen molar-refractivity contribution in [1.29, 1.82) is 0 Å². The van der Waals surface area contributed by atoms with Gasteiger partial charge in [-0.15, -0.1) is 22.7 Å². The SMILES string of the molecule is CC1CCCN(Cc2csc(NC(=O)CN(C)S(=O)(=O)c3cccs3)n2)C1. The third kappa shape index (κ3) is 5.35. The van der Waals surface area contributed by atoms with Crippen LogP contribution < -0.4 is 5.32 Å². The summed E-state index contributed by atoms with van der Waals surface area (Å²) in [5, 5.41) is 6.85. The molecule has 0 spiro atoms. The molecule has 1 N–H and O–H groups in total. The van der Waals surface area contributed by atoms with Gasteiger partial charge in [0.25, 0.3) is 10.0 Å². The van der Waals surface area contributed by atoms with E-state index in [0.717, 1.165) is 41.0 Å². The number of hydrogen-bond acceptors (Lipinski definition) is 7. The number of nitrogens with zero attached hydrogens (tertiary/aromatic N) is 3. The monoisotopic (exact) mass is 428 g/mol. The summed E-state index contributed by atoms with van der Waals surface area (Å²) in [5.74, 6) is 0.308. The number of nitrogens with one attached hydrogen (secondary N) is 1. The minimum absolute atomic E-state index is 0.227. The van der Waals surface area contributed by atoms with Gasteiger partial charge >= 0.3 is 0 Å². The molecule has 0 radical (unpaired) electrons. The van der Waals surface area contributed by atoms with E-state index < -0.39 is 15.9 Å². The van der Waals surface area contributed by atoms with Crippen molar-refractivity contribution in [3.8, 4) is 0 Å². The zero-order chi connectivity index (χ0) is 19.4. The van der Waals surface area contributed by atoms with Crippen LogP contribution in [-0.2, 0) is 21.4 Å². The van der Waals surface area contributed by atoms with Gasteiger partial charge < -0.3 is 5.32 Å². The van der Waals surface area contributed by atoms with Crippen LogP contribution in [0.2, 0.25) is 0 Å². The van der Waals surface area contributed by atoms with Crippen molar-refractivity contribution in [3.63, 3.8) is 0 Å². The molecule has 0 bridgehead atoms. The van der Waals surface area contributed by atoms with Crippen molar-refractivity contribution in [2.24, 2.45) is 5.92 Å². The van der Waals surface area contributed by atoms with Crippen molar-refractivity contribution < 1.29 is 13.2 Å². The lowest BCUT2D eigenvalue weighted by Gasteiger charge is -2.30. The lowest BCUT2D eigenvalue weighted by molar-refractivity contribution is -0.116. The summed E-state index contributed by atoms with van der Waals surface area (Å²) in [6.45, 7) is 4.95. The summed E-state index contributed by atoms with van der Waals surface area (Å²) < 4.78 is 26.0. The number of hydrogen-bond donors (Lipinski definition) is 1. The van der Waals surface area contributed by atoms with Gasteiger partial charge in [-0.05, 0) is 36.8 Å². The average molecular weight is 429 g/mol. The minimum Gasteiger partial charge on any atom is -0.301 e. The van der Waals surface area contributed by atoms with E-state index in [9.17, 15) is 13.2 Å². The van der Waals surface area contributed by atoms with Crippen molar-refractivity contribution >= 4 is 43.7 Å². The second-order valence-electron chi connectivity index (χ2n) is 6.87. The summed E-state index contributed by atoms with van der Waals surface area (Å²) in [4.78, 5) is 19.1. The first kappa shape index (κ1) is 20.4. The topological polar surface area (TPSA) is 82.6 Å². The molecule has 1 aliphatic rings. The fourth-order valence-corrected chi connectivity index (χ4v) is 6.15. The summed E-state index contributed by atoms with van der Waals surface area (Å²) in [5.41, 5.74) is 0.934. The van der Waals surface area contributed by atoms with Crippen LogP contribution in [0.1, 0.15) is 25.5 Å². The number of anilines is 1. The van der Waals surface area contributed by atoms with Crippen LogP contribution in [0.15, 0.2) is 27.1 Å². The van der Waals surface area contributed by atoms with Gasteiger partial charge in [0.2, 0.25) is 5.91 Å². The molecular formula is C17H24N4O3S3. The molecule has 0 saturated carbocycles. The van der Waals surface area contributed by atoms with Gasteiger partial charge in [0.05, 0.1) is 12.2 Å². The Morgan fingerprint density at radius 2 is 2.26 bits per heavy atom. The lowest BCUT2D eigenvalue weighted by atomic mass is 10.0. The van der Waals surface area contributed by atoms with E-state index in [-0.39, 0.29) is 10.8 Å². The number of piperidine rings is 1. The van der Waals surface area contributed by atoms with Gasteiger partial charge in [0, 0.05) is 25.5 Å². The van der Waals surface area contributed by atoms with Crippen LogP contribution in [0, 0.1) is 5.92 Å². The van der Waals surface area contributed by atoms with Crippen LogP contribution >= 0.6 is 22.7 Å². The van der Waals surface area contributed by atoms with Crippen molar-refractivity contribution in [1.82, 2.24) is 14.2 Å². The molecule has 148 valence electrons. The van der Waals surface area contributed by atoms with Gasteiger partial charge in [0.1, 0.15) is 4.21 Å². The van der Waals surface area contributed by atoms with E-state index in [0.29, 0.717) is 11.0 Å². The number of likely N-dealkylation sites (N-methyl/N-ethyl adjacent to an activating group) is 1. The van der Waals surface area contributed by atoms with E-state index in [1.54, 1.807) is 11.4 Å². The molecule has 1 atom stereocenters. The second kappa shape index (κ2) is 8.78. The van der Waals surface area contributed by atoms with Gasteiger partial charge in [-0.3, -0.25) is 9.69 Å². The van der Waals surface area contributed by atoms with E-state index in [1.165, 1.54) is 37.3 Å². The molecule has 3 heterocycles. The second-order valence-corrected chi connectivity index (χ2v) is 10.9. The molecule has 1 aliphatic heterocycles. The number of sulfonamides is 1. The van der Waals surface area contributed by atoms with Crippen molar-refractivity contribution in [2.45, 2.75) is 30.5 Å². The maximum atomic E-state index is 12.4. The molecule has 2 aromatic rings. The van der Waals surface area contributed by atoms with Gasteiger partial charge in [-0.25, -0.2) is 13.4 Å². The lowest BCUT2D eigenvalue weighted by Crippen LogP contribution is -2.34. The number of carbonyl (C=O) groups is 1. The molecule has 7 nitrogen and oxygen atoms in total. The molecule has 1 amide bonds. The highest BCUT2D eigenvalue weighted by Gasteiger charge is 2.24. The number of amides is 1. The fourth-order valence-electron chi connectivity index (χ4n) is 3.11. The van der Waals surface area contributed by atoms with E-state index in [2.05, 4.69) is 22.1 Å². The Morgan fingerprint density at radius 3 is 2.96 bits per heavy atom. The van der Waals surface area contributed by atoms with Crippen LogP contribution in [0.5, 0.6) is 0 Å². The maximum absolute atomic E-state index is 12.4. The standard InChI is InChI=1S/C17H24N4O3S3/c1-13-5-3-7-21(9-13)10-14-12-26-17(18-14)19-15(22)11-20(2)27(23,24)16-6-4-8-25-16/h4,6,8,12-13H,3,5,7,9-11H2,1-2H3,(H,18,19,22). The fraction of sp³-hybridized carbons (Fsp3) is 0.529. The number of carbonyl (C=O) groups excluding carboxylic acids is 1. The average Bonchev–Trinajstić information content (AvgIpc) is 3.27. The molecule has 0 aromatic carbocycles. The third-order valence-electron chi connectivity index (χ3n) is 4.45.